The molecule has 4 nitrogen and oxygen atoms in total. The van der Waals surface area contributed by atoms with Gasteiger partial charge in [-0.15, -0.1) is 0 Å². The molecule has 0 amide bonds. The summed E-state index contributed by atoms with van der Waals surface area (Å²) in [4.78, 5) is 23.3. The van der Waals surface area contributed by atoms with E-state index in [-0.39, 0.29) is 0 Å². The minimum atomic E-state index is -0.710. The Morgan fingerprint density at radius 3 is 1.70 bits per heavy atom. The second-order valence-corrected chi connectivity index (χ2v) is 8.50. The zero-order chi connectivity index (χ0) is 17.0. The van der Waals surface area contributed by atoms with E-state index in [1.807, 2.05) is 0 Å². The van der Waals surface area contributed by atoms with Gasteiger partial charge in [-0.2, -0.15) is 19.6 Å². The number of hydrogen-bond donors (Lipinski definition) is 0. The maximum Gasteiger partial charge on any atom is 0.234 e. The van der Waals surface area contributed by atoms with Crippen LogP contribution in [0.2, 0.25) is 0 Å². The van der Waals surface area contributed by atoms with Crippen molar-refractivity contribution in [3.05, 3.63) is 0 Å². The maximum absolute atomic E-state index is 5.84. The van der Waals surface area contributed by atoms with Crippen LogP contribution in [0.4, 0.5) is 0 Å². The first-order valence-corrected chi connectivity index (χ1v) is 9.58. The monoisotopic (exact) mass is 328 g/mol. The molecule has 0 aromatic heterocycles. The predicted molar refractivity (Wildman–Crippen MR) is 90.3 cm³/mol. The van der Waals surface area contributed by atoms with Crippen LogP contribution < -0.4 is 0 Å². The number of unbranched alkanes of at least 4 members (excludes halogenated alkanes) is 2. The molecule has 1 spiro atoms. The molecule has 2 fully saturated rings. The van der Waals surface area contributed by atoms with E-state index in [0.717, 1.165) is 64.2 Å². The zero-order valence-corrected chi connectivity index (χ0v) is 15.8. The van der Waals surface area contributed by atoms with E-state index < -0.39 is 11.6 Å². The van der Waals surface area contributed by atoms with Crippen LogP contribution in [-0.2, 0) is 19.6 Å². The lowest BCUT2D eigenvalue weighted by Crippen LogP contribution is -2.52. The summed E-state index contributed by atoms with van der Waals surface area (Å²) in [6, 6.07) is 0. The minimum absolute atomic E-state index is 0.337. The smallest absolute Gasteiger partial charge is 0.195 e. The summed E-state index contributed by atoms with van der Waals surface area (Å²) >= 11 is 0. The zero-order valence-electron chi connectivity index (χ0n) is 15.8. The third-order valence-corrected chi connectivity index (χ3v) is 5.49. The van der Waals surface area contributed by atoms with Crippen LogP contribution in [0.25, 0.3) is 0 Å². The molecular formula is C19H36O4. The molecule has 1 saturated carbocycles. The molecule has 2 rings (SSSR count). The van der Waals surface area contributed by atoms with Gasteiger partial charge >= 0.3 is 0 Å². The topological polar surface area (TPSA) is 36.9 Å². The summed E-state index contributed by atoms with van der Waals surface area (Å²) in [6.45, 7) is 11.3. The summed E-state index contributed by atoms with van der Waals surface area (Å²) < 4.78 is 0. The van der Waals surface area contributed by atoms with Gasteiger partial charge in [-0.1, -0.05) is 47.5 Å². The summed E-state index contributed by atoms with van der Waals surface area (Å²) in [7, 11) is 0. The van der Waals surface area contributed by atoms with Gasteiger partial charge in [0.15, 0.2) is 0 Å². The molecule has 0 aromatic rings. The highest BCUT2D eigenvalue weighted by atomic mass is 17.4. The lowest BCUT2D eigenvalue weighted by atomic mass is 9.71. The summed E-state index contributed by atoms with van der Waals surface area (Å²) in [5, 5.41) is 0. The van der Waals surface area contributed by atoms with Gasteiger partial charge in [0.05, 0.1) is 0 Å². The molecule has 0 N–H and O–H groups in total. The Balaban J connectivity index is 1.91. The average molecular weight is 328 g/mol. The molecule has 136 valence electrons. The van der Waals surface area contributed by atoms with Crippen molar-refractivity contribution in [1.82, 2.24) is 0 Å². The third-order valence-electron chi connectivity index (χ3n) is 5.49. The predicted octanol–water partition coefficient (Wildman–Crippen LogP) is 5.91. The average Bonchev–Trinajstić information content (AvgIpc) is 2.53. The van der Waals surface area contributed by atoms with Crippen molar-refractivity contribution in [3.63, 3.8) is 0 Å². The van der Waals surface area contributed by atoms with Crippen LogP contribution in [-0.4, -0.2) is 11.6 Å². The van der Waals surface area contributed by atoms with Crippen molar-refractivity contribution >= 4 is 0 Å². The molecule has 1 saturated heterocycles. The van der Waals surface area contributed by atoms with E-state index in [0.29, 0.717) is 11.3 Å². The summed E-state index contributed by atoms with van der Waals surface area (Å²) in [5.74, 6) is -0.700. The SMILES string of the molecule is CCCCC1(CCCC)OOC2(CCC(C(C)(C)C)CC2)OO1. The third kappa shape index (κ3) is 4.91. The highest BCUT2D eigenvalue weighted by Crippen LogP contribution is 2.47. The fourth-order valence-electron chi connectivity index (χ4n) is 3.61. The molecule has 0 unspecified atom stereocenters. The Hall–Kier alpha value is -0.160. The van der Waals surface area contributed by atoms with Crippen molar-refractivity contribution in [2.45, 2.75) is 110 Å². The first kappa shape index (κ1) is 19.2. The molecule has 2 aliphatic rings. The van der Waals surface area contributed by atoms with Gasteiger partial charge in [0.1, 0.15) is 0 Å². The Morgan fingerprint density at radius 2 is 1.30 bits per heavy atom. The molecule has 0 atom stereocenters. The lowest BCUT2D eigenvalue weighted by Gasteiger charge is -2.47. The van der Waals surface area contributed by atoms with Crippen molar-refractivity contribution in [3.8, 4) is 0 Å². The van der Waals surface area contributed by atoms with E-state index in [4.69, 9.17) is 19.6 Å². The molecule has 1 aliphatic carbocycles. The molecule has 1 aliphatic heterocycles. The quantitative estimate of drug-likeness (QED) is 0.568. The highest BCUT2D eigenvalue weighted by molar-refractivity contribution is 4.85. The molecule has 0 bridgehead atoms. The Labute approximate surface area is 142 Å². The van der Waals surface area contributed by atoms with Crippen molar-refractivity contribution < 1.29 is 19.6 Å². The minimum Gasteiger partial charge on any atom is -0.195 e. The maximum atomic E-state index is 5.84. The van der Waals surface area contributed by atoms with Gasteiger partial charge in [-0.25, -0.2) is 0 Å². The number of rotatable bonds is 6. The van der Waals surface area contributed by atoms with Crippen LogP contribution in [0, 0.1) is 11.3 Å². The van der Waals surface area contributed by atoms with E-state index in [2.05, 4.69) is 34.6 Å². The van der Waals surface area contributed by atoms with Crippen LogP contribution in [0.15, 0.2) is 0 Å². The second-order valence-electron chi connectivity index (χ2n) is 8.50. The van der Waals surface area contributed by atoms with E-state index in [9.17, 15) is 0 Å². The lowest BCUT2D eigenvalue weighted by molar-refractivity contribution is -0.662. The molecule has 0 radical (unpaired) electrons. The van der Waals surface area contributed by atoms with Crippen molar-refractivity contribution in [2.75, 3.05) is 0 Å². The Kier molecular flexibility index (Phi) is 6.51. The van der Waals surface area contributed by atoms with Crippen LogP contribution >= 0.6 is 0 Å². The van der Waals surface area contributed by atoms with Crippen molar-refractivity contribution in [1.29, 1.82) is 0 Å². The molecular weight excluding hydrogens is 292 g/mol. The summed E-state index contributed by atoms with van der Waals surface area (Å²) in [5.41, 5.74) is 0.337. The van der Waals surface area contributed by atoms with Gasteiger partial charge < -0.3 is 0 Å². The van der Waals surface area contributed by atoms with Gasteiger partial charge in [0.25, 0.3) is 0 Å². The number of hydrogen-bond acceptors (Lipinski definition) is 4. The van der Waals surface area contributed by atoms with Gasteiger partial charge in [0, 0.05) is 25.7 Å². The van der Waals surface area contributed by atoms with Crippen LogP contribution in [0.3, 0.4) is 0 Å². The molecule has 0 aromatic carbocycles. The normalized spacial score (nSPS) is 24.9. The van der Waals surface area contributed by atoms with Crippen LogP contribution in [0.5, 0.6) is 0 Å². The first-order valence-electron chi connectivity index (χ1n) is 9.58. The van der Waals surface area contributed by atoms with E-state index in [1.54, 1.807) is 0 Å². The largest absolute Gasteiger partial charge is 0.234 e. The Bertz CT molecular complexity index is 333. The highest BCUT2D eigenvalue weighted by Gasteiger charge is 2.50. The standard InChI is InChI=1S/C19H36O4/c1-6-8-12-18(13-9-7-2)20-22-19(23-21-18)14-10-16(11-15-19)17(3,4)5/h16H,6-15H2,1-5H3. The first-order chi connectivity index (χ1) is 10.8. The second kappa shape index (κ2) is 7.81. The van der Waals surface area contributed by atoms with Gasteiger partial charge in [-0.05, 0) is 37.0 Å². The fraction of sp³-hybridized carbons (Fsp3) is 1.00. The van der Waals surface area contributed by atoms with Crippen LogP contribution in [0.1, 0.15) is 98.8 Å². The molecule has 4 heteroatoms. The Morgan fingerprint density at radius 1 is 0.826 bits per heavy atom. The van der Waals surface area contributed by atoms with Gasteiger partial charge in [-0.3, -0.25) is 0 Å². The van der Waals surface area contributed by atoms with E-state index >= 15 is 0 Å². The summed E-state index contributed by atoms with van der Waals surface area (Å²) in [6.07, 6.45) is 9.83. The fourth-order valence-corrected chi connectivity index (χ4v) is 3.61. The molecule has 23 heavy (non-hydrogen) atoms. The molecule has 1 heterocycles. The van der Waals surface area contributed by atoms with E-state index in [1.165, 1.54) is 0 Å². The van der Waals surface area contributed by atoms with Crippen molar-refractivity contribution in [2.24, 2.45) is 11.3 Å². The van der Waals surface area contributed by atoms with Gasteiger partial charge in [0.2, 0.25) is 11.6 Å².